The Hall–Kier alpha value is -1.70. The zero-order valence-electron chi connectivity index (χ0n) is 17.3. The molecule has 0 aliphatic carbocycles. The van der Waals surface area contributed by atoms with Gasteiger partial charge in [0, 0.05) is 30.7 Å². The van der Waals surface area contributed by atoms with E-state index in [1.165, 1.54) is 12.1 Å². The fourth-order valence-electron chi connectivity index (χ4n) is 4.52. The number of imidazole rings is 1. The summed E-state index contributed by atoms with van der Waals surface area (Å²) >= 11 is 6.12. The summed E-state index contributed by atoms with van der Waals surface area (Å²) in [7, 11) is 0. The monoisotopic (exact) mass is 421 g/mol. The highest BCUT2D eigenvalue weighted by Crippen LogP contribution is 2.31. The molecule has 3 heterocycles. The number of piperazine rings is 1. The van der Waals surface area contributed by atoms with Crippen LogP contribution in [0.25, 0.3) is 11.0 Å². The van der Waals surface area contributed by atoms with Gasteiger partial charge in [0.25, 0.3) is 0 Å². The molecule has 6 nitrogen and oxygen atoms in total. The van der Waals surface area contributed by atoms with Crippen molar-refractivity contribution in [3.05, 3.63) is 28.8 Å². The summed E-state index contributed by atoms with van der Waals surface area (Å²) in [5, 5.41) is 3.47. The van der Waals surface area contributed by atoms with Crippen molar-refractivity contribution in [2.45, 2.75) is 64.2 Å². The predicted octanol–water partition coefficient (Wildman–Crippen LogP) is 3.31. The molecule has 29 heavy (non-hydrogen) atoms. The normalized spacial score (nSPS) is 23.1. The Kier molecular flexibility index (Phi) is 5.57. The van der Waals surface area contributed by atoms with Crippen molar-refractivity contribution < 1.29 is 9.18 Å². The molecule has 2 aliphatic heterocycles. The summed E-state index contributed by atoms with van der Waals surface area (Å²) in [5.74, 6) is 0.535. The highest BCUT2D eigenvalue weighted by molar-refractivity contribution is 6.34. The van der Waals surface area contributed by atoms with E-state index in [9.17, 15) is 9.18 Å². The number of nitrogens with one attached hydrogen (secondary N) is 2. The van der Waals surface area contributed by atoms with Gasteiger partial charge in [-0.2, -0.15) is 0 Å². The molecule has 8 heteroatoms. The van der Waals surface area contributed by atoms with E-state index >= 15 is 0 Å². The van der Waals surface area contributed by atoms with Crippen molar-refractivity contribution in [3.63, 3.8) is 0 Å². The molecule has 2 atom stereocenters. The van der Waals surface area contributed by atoms with Crippen LogP contribution in [0.1, 0.15) is 45.9 Å². The largest absolute Gasteiger partial charge is 0.350 e. The van der Waals surface area contributed by atoms with E-state index in [0.717, 1.165) is 38.2 Å². The average Bonchev–Trinajstić information content (AvgIpc) is 3.12. The van der Waals surface area contributed by atoms with Gasteiger partial charge in [0.1, 0.15) is 17.2 Å². The fraction of sp³-hybridized carbons (Fsp3) is 0.619. The summed E-state index contributed by atoms with van der Waals surface area (Å²) in [6.45, 7) is 9.14. The summed E-state index contributed by atoms with van der Waals surface area (Å²) < 4.78 is 13.6. The maximum atomic E-state index is 13.6. The molecule has 1 aromatic carbocycles. The van der Waals surface area contributed by atoms with Gasteiger partial charge in [-0.05, 0) is 45.2 Å². The van der Waals surface area contributed by atoms with Gasteiger partial charge >= 0.3 is 0 Å². The number of hydrogen-bond acceptors (Lipinski definition) is 4. The van der Waals surface area contributed by atoms with Gasteiger partial charge in [0.2, 0.25) is 5.91 Å². The first-order chi connectivity index (χ1) is 13.7. The summed E-state index contributed by atoms with van der Waals surface area (Å²) in [4.78, 5) is 25.0. The second-order valence-electron chi connectivity index (χ2n) is 9.00. The molecular formula is C21H29ClFN5O. The van der Waals surface area contributed by atoms with Crippen LogP contribution >= 0.6 is 11.6 Å². The summed E-state index contributed by atoms with van der Waals surface area (Å²) in [5.41, 5.74) is 1.07. The lowest BCUT2D eigenvalue weighted by Crippen LogP contribution is -2.57. The van der Waals surface area contributed by atoms with E-state index in [1.807, 2.05) is 0 Å². The molecule has 2 N–H and O–H groups in total. The first-order valence-electron chi connectivity index (χ1n) is 10.4. The van der Waals surface area contributed by atoms with Gasteiger partial charge in [-0.25, -0.2) is 9.37 Å². The Balaban J connectivity index is 1.39. The molecule has 1 amide bonds. The third-order valence-electron chi connectivity index (χ3n) is 6.32. The number of H-pyrrole nitrogens is 1. The van der Waals surface area contributed by atoms with Crippen molar-refractivity contribution >= 4 is 28.5 Å². The van der Waals surface area contributed by atoms with Crippen molar-refractivity contribution in [2.24, 2.45) is 0 Å². The second-order valence-corrected chi connectivity index (χ2v) is 9.41. The minimum Gasteiger partial charge on any atom is -0.350 e. The lowest BCUT2D eigenvalue weighted by atomic mass is 10.0. The topological polar surface area (TPSA) is 64.3 Å². The van der Waals surface area contributed by atoms with Crippen LogP contribution in [0, 0.1) is 5.82 Å². The number of halogens is 2. The van der Waals surface area contributed by atoms with Gasteiger partial charge in [0.05, 0.1) is 23.6 Å². The van der Waals surface area contributed by atoms with Gasteiger partial charge in [-0.1, -0.05) is 18.5 Å². The van der Waals surface area contributed by atoms with E-state index in [1.54, 1.807) is 0 Å². The first-order valence-corrected chi connectivity index (χ1v) is 10.7. The number of rotatable bonds is 6. The van der Waals surface area contributed by atoms with Crippen LogP contribution < -0.4 is 5.32 Å². The molecule has 0 radical (unpaired) electrons. The lowest BCUT2D eigenvalue weighted by Gasteiger charge is -2.40. The SMILES string of the molecule is CCC(C)(C)NC(=O)CN1C2CCC1CN(Cc1nc3c(Cl)cc(F)cc3[nH]1)C2. The number of benzene rings is 1. The van der Waals surface area contributed by atoms with Crippen LogP contribution in [-0.2, 0) is 11.3 Å². The molecular weight excluding hydrogens is 393 g/mol. The second kappa shape index (κ2) is 7.85. The molecule has 2 aromatic rings. The van der Waals surface area contributed by atoms with Crippen molar-refractivity contribution in [3.8, 4) is 0 Å². The van der Waals surface area contributed by atoms with Crippen LogP contribution in [0.5, 0.6) is 0 Å². The molecule has 1 aromatic heterocycles. The van der Waals surface area contributed by atoms with Gasteiger partial charge in [0.15, 0.2) is 0 Å². The summed E-state index contributed by atoms with van der Waals surface area (Å²) in [6.07, 6.45) is 3.14. The van der Waals surface area contributed by atoms with Gasteiger partial charge < -0.3 is 10.3 Å². The number of carbonyl (C=O) groups is 1. The van der Waals surface area contributed by atoms with E-state index in [4.69, 9.17) is 11.6 Å². The van der Waals surface area contributed by atoms with Gasteiger partial charge in [-0.15, -0.1) is 0 Å². The molecule has 0 saturated carbocycles. The Morgan fingerprint density at radius 2 is 2.03 bits per heavy atom. The molecule has 2 aliphatic rings. The van der Waals surface area contributed by atoms with E-state index in [0.29, 0.717) is 41.2 Å². The number of aromatic nitrogens is 2. The van der Waals surface area contributed by atoms with Crippen molar-refractivity contribution in [1.82, 2.24) is 25.1 Å². The lowest BCUT2D eigenvalue weighted by molar-refractivity contribution is -0.125. The Bertz CT molecular complexity index is 900. The van der Waals surface area contributed by atoms with Crippen LogP contribution in [0.15, 0.2) is 12.1 Å². The minimum atomic E-state index is -0.367. The average molecular weight is 422 g/mol. The predicted molar refractivity (Wildman–Crippen MR) is 112 cm³/mol. The molecule has 0 spiro atoms. The zero-order valence-corrected chi connectivity index (χ0v) is 18.0. The van der Waals surface area contributed by atoms with E-state index in [-0.39, 0.29) is 17.3 Å². The molecule has 2 saturated heterocycles. The maximum Gasteiger partial charge on any atom is 0.234 e. The van der Waals surface area contributed by atoms with Crippen LogP contribution in [0.4, 0.5) is 4.39 Å². The van der Waals surface area contributed by atoms with E-state index in [2.05, 4.69) is 45.9 Å². The minimum absolute atomic E-state index is 0.108. The summed E-state index contributed by atoms with van der Waals surface area (Å²) in [6, 6.07) is 3.48. The van der Waals surface area contributed by atoms with E-state index < -0.39 is 0 Å². The molecule has 2 bridgehead atoms. The Morgan fingerprint density at radius 3 is 2.69 bits per heavy atom. The fourth-order valence-corrected chi connectivity index (χ4v) is 4.76. The molecule has 2 fully saturated rings. The van der Waals surface area contributed by atoms with Crippen molar-refractivity contribution in [1.29, 1.82) is 0 Å². The van der Waals surface area contributed by atoms with Crippen molar-refractivity contribution in [2.75, 3.05) is 19.6 Å². The van der Waals surface area contributed by atoms with Crippen LogP contribution in [0.2, 0.25) is 5.02 Å². The molecule has 158 valence electrons. The number of aromatic amines is 1. The Labute approximate surface area is 175 Å². The van der Waals surface area contributed by atoms with Gasteiger partial charge in [-0.3, -0.25) is 14.6 Å². The Morgan fingerprint density at radius 1 is 1.34 bits per heavy atom. The third-order valence-corrected chi connectivity index (χ3v) is 6.61. The quantitative estimate of drug-likeness (QED) is 0.751. The molecule has 4 rings (SSSR count). The number of carbonyl (C=O) groups excluding carboxylic acids is 1. The standard InChI is InChI=1S/C21H29ClFN5O/c1-4-21(2,3)26-19(29)12-28-14-5-6-15(28)10-27(9-14)11-18-24-17-8-13(23)7-16(22)20(17)25-18/h7-8,14-15H,4-6,9-12H2,1-3H3,(H,24,25)(H,26,29). The van der Waals surface area contributed by atoms with Crippen LogP contribution in [0.3, 0.4) is 0 Å². The smallest absolute Gasteiger partial charge is 0.234 e. The number of amides is 1. The third kappa shape index (κ3) is 4.42. The molecule has 2 unspecified atom stereocenters. The zero-order chi connectivity index (χ0) is 20.8. The number of nitrogens with zero attached hydrogens (tertiary/aromatic N) is 3. The number of fused-ring (bicyclic) bond motifs is 3. The number of hydrogen-bond donors (Lipinski definition) is 2. The first kappa shape index (κ1) is 20.6. The highest BCUT2D eigenvalue weighted by Gasteiger charge is 2.41. The highest BCUT2D eigenvalue weighted by atomic mass is 35.5. The maximum absolute atomic E-state index is 13.6. The van der Waals surface area contributed by atoms with Crippen LogP contribution in [-0.4, -0.2) is 62.9 Å². The number of likely N-dealkylation sites (tertiary alicyclic amines) is 1.